The quantitative estimate of drug-likeness (QED) is 0.105. The second-order valence-corrected chi connectivity index (χ2v) is 15.4. The first-order valence-corrected chi connectivity index (χ1v) is 19.0. The predicted octanol–water partition coefficient (Wildman–Crippen LogP) is 7.10. The van der Waals surface area contributed by atoms with Gasteiger partial charge in [-0.15, -0.1) is 0 Å². The number of alkyl halides is 3. The Balaban J connectivity index is 1.31. The van der Waals surface area contributed by atoms with E-state index in [-0.39, 0.29) is 52.8 Å². The van der Waals surface area contributed by atoms with Crippen LogP contribution < -0.4 is 15.1 Å². The number of carboxylic acids is 1. The normalized spacial score (nSPS) is 25.1. The van der Waals surface area contributed by atoms with Gasteiger partial charge in [-0.05, 0) is 67.6 Å². The van der Waals surface area contributed by atoms with Crippen molar-refractivity contribution < 1.29 is 57.2 Å². The minimum Gasteiger partial charge on any atom is -0.507 e. The Kier molecular flexibility index (Phi) is 9.62. The Bertz CT molecular complexity index is 2520. The molecule has 4 amide bonds. The number of allylic oxidation sites excluding steroid dienone is 2. The summed E-state index contributed by atoms with van der Waals surface area (Å²) in [5.74, 6) is -11.5. The molecule has 6 unspecified atom stereocenters. The molecule has 0 radical (unpaired) electrons. The first-order chi connectivity index (χ1) is 28.0. The smallest absolute Gasteiger partial charge is 0.417 e. The van der Waals surface area contributed by atoms with Gasteiger partial charge in [0.1, 0.15) is 11.3 Å². The molecule has 6 atom stereocenters. The van der Waals surface area contributed by atoms with Crippen LogP contribution in [-0.4, -0.2) is 61.5 Å². The number of carboxylic acid groups (broad SMARTS) is 1. The molecule has 0 bridgehead atoms. The number of pyridine rings is 1. The Morgan fingerprint density at radius 2 is 1.71 bits per heavy atom. The van der Waals surface area contributed by atoms with E-state index in [9.17, 15) is 47.7 Å². The predicted molar refractivity (Wildman–Crippen MR) is 204 cm³/mol. The Morgan fingerprint density at radius 1 is 0.983 bits per heavy atom. The van der Waals surface area contributed by atoms with Crippen molar-refractivity contribution in [3.63, 3.8) is 0 Å². The molecule has 2 aliphatic carbocycles. The van der Waals surface area contributed by atoms with E-state index in [1.165, 1.54) is 24.3 Å². The van der Waals surface area contributed by atoms with Crippen molar-refractivity contribution >= 4 is 64.3 Å². The van der Waals surface area contributed by atoms with E-state index in [0.717, 1.165) is 17.0 Å². The van der Waals surface area contributed by atoms with Crippen LogP contribution in [0.4, 0.5) is 24.7 Å². The molecule has 3 fully saturated rings. The van der Waals surface area contributed by atoms with Crippen LogP contribution in [0.2, 0.25) is 10.0 Å². The molecular formula is C41H31Cl2F3N4O9. The van der Waals surface area contributed by atoms with Crippen LogP contribution in [0, 0.1) is 23.7 Å². The number of aromatic carboxylic acids is 1. The number of hydrogen-bond donors (Lipinski definition) is 4. The van der Waals surface area contributed by atoms with Crippen molar-refractivity contribution in [3.05, 3.63) is 117 Å². The summed E-state index contributed by atoms with van der Waals surface area (Å²) in [6.45, 7) is 1.84. The topological polar surface area (TPSA) is 187 Å². The highest BCUT2D eigenvalue weighted by Gasteiger charge is 2.71. The Morgan fingerprint density at radius 3 is 2.36 bits per heavy atom. The van der Waals surface area contributed by atoms with E-state index in [4.69, 9.17) is 27.9 Å². The Hall–Kier alpha value is -6.13. The van der Waals surface area contributed by atoms with Gasteiger partial charge in [0.15, 0.2) is 17.3 Å². The van der Waals surface area contributed by atoms with Gasteiger partial charge in [0.2, 0.25) is 11.8 Å². The molecule has 1 aromatic heterocycles. The van der Waals surface area contributed by atoms with Crippen LogP contribution >= 0.6 is 23.2 Å². The van der Waals surface area contributed by atoms with Crippen LogP contribution in [0.15, 0.2) is 84.6 Å². The van der Waals surface area contributed by atoms with Gasteiger partial charge in [-0.1, -0.05) is 59.1 Å². The van der Waals surface area contributed by atoms with Crippen molar-refractivity contribution in [2.24, 2.45) is 23.7 Å². The zero-order valence-electron chi connectivity index (χ0n) is 30.5. The van der Waals surface area contributed by atoms with Gasteiger partial charge in [-0.25, -0.2) is 14.7 Å². The number of halogens is 5. The number of ether oxygens (including phenoxy) is 1. The maximum atomic E-state index is 15.4. The molecule has 8 rings (SSSR count). The van der Waals surface area contributed by atoms with Gasteiger partial charge >= 0.3 is 12.1 Å². The van der Waals surface area contributed by atoms with Crippen molar-refractivity contribution in [2.45, 2.75) is 37.3 Å². The summed E-state index contributed by atoms with van der Waals surface area (Å²) in [4.78, 5) is 75.2. The SMILES string of the molecule is CCOc1cccc(C2C3=CCC4C(=O)N(c5ccc(C(=O)O)c(O)c5)C(=O)C4C3CC3C(=O)N(Nc4ncc(C(F)(F)F)cc4Cl)C(=O)C32c2ccc(Cl)cc2)c1O. The van der Waals surface area contributed by atoms with Crippen LogP contribution in [-0.2, 0) is 30.8 Å². The first-order valence-electron chi connectivity index (χ1n) is 18.2. The van der Waals surface area contributed by atoms with Crippen molar-refractivity contribution in [1.29, 1.82) is 0 Å². The van der Waals surface area contributed by atoms with E-state index in [1.54, 1.807) is 37.3 Å². The zero-order valence-corrected chi connectivity index (χ0v) is 32.0. The zero-order chi connectivity index (χ0) is 42.3. The summed E-state index contributed by atoms with van der Waals surface area (Å²) in [7, 11) is 0. The number of rotatable bonds is 8. The standard InChI is InChI=1S/C41H31Cl2F3N4O9/c1-2-59-30-5-3-4-25(33(30)52)32-22-12-13-24-31(37(55)49(35(24)53)21-10-11-23(38(56)57)29(51)15-21)26(22)16-27-36(54)50(39(58)40(27,32)18-6-8-20(42)9-7-18)48-34-28(43)14-19(17-47-34)41(44,45)46/h3-12,14-15,17,24,26-27,31-32,51-52H,2,13,16H2,1H3,(H,47,48)(H,56,57). The van der Waals surface area contributed by atoms with E-state index in [0.29, 0.717) is 22.8 Å². The van der Waals surface area contributed by atoms with E-state index >= 15 is 4.79 Å². The first kappa shape index (κ1) is 39.7. The van der Waals surface area contributed by atoms with Crippen molar-refractivity contribution in [2.75, 3.05) is 16.9 Å². The maximum Gasteiger partial charge on any atom is 0.417 e. The molecule has 1 saturated carbocycles. The van der Waals surface area contributed by atoms with Gasteiger partial charge < -0.3 is 20.1 Å². The maximum absolute atomic E-state index is 15.4. The number of para-hydroxylation sites is 1. The molecule has 2 saturated heterocycles. The Labute approximate surface area is 342 Å². The molecule has 4 N–H and O–H groups in total. The molecule has 0 spiro atoms. The molecule has 18 heteroatoms. The van der Waals surface area contributed by atoms with Crippen LogP contribution in [0.25, 0.3) is 0 Å². The number of anilines is 2. The molecule has 304 valence electrons. The number of amides is 4. The molecule has 4 aromatic rings. The van der Waals surface area contributed by atoms with Crippen LogP contribution in [0.3, 0.4) is 0 Å². The highest BCUT2D eigenvalue weighted by atomic mass is 35.5. The minimum atomic E-state index is -4.80. The number of nitrogens with one attached hydrogen (secondary N) is 1. The van der Waals surface area contributed by atoms with Crippen molar-refractivity contribution in [3.8, 4) is 17.2 Å². The lowest BCUT2D eigenvalue weighted by Gasteiger charge is -2.50. The van der Waals surface area contributed by atoms with E-state index < -0.39 is 98.5 Å². The lowest BCUT2D eigenvalue weighted by molar-refractivity contribution is -0.139. The second-order valence-electron chi connectivity index (χ2n) is 14.6. The highest BCUT2D eigenvalue weighted by molar-refractivity contribution is 6.33. The summed E-state index contributed by atoms with van der Waals surface area (Å²) >= 11 is 12.6. The molecule has 13 nitrogen and oxygen atoms in total. The fourth-order valence-electron chi connectivity index (χ4n) is 9.27. The summed E-state index contributed by atoms with van der Waals surface area (Å²) in [5.41, 5.74) is -0.208. The highest BCUT2D eigenvalue weighted by Crippen LogP contribution is 2.65. The number of imide groups is 2. The number of phenols is 2. The molecule has 3 aromatic carbocycles. The summed E-state index contributed by atoms with van der Waals surface area (Å²) < 4.78 is 46.3. The van der Waals surface area contributed by atoms with Gasteiger partial charge in [0.25, 0.3) is 11.8 Å². The van der Waals surface area contributed by atoms with Crippen LogP contribution in [0.5, 0.6) is 17.2 Å². The molecule has 59 heavy (non-hydrogen) atoms. The number of phenolic OH excluding ortho intramolecular Hbond substituents is 1. The third-order valence-corrected chi connectivity index (χ3v) is 12.2. The number of aromatic hydroxyl groups is 2. The molecule has 3 heterocycles. The number of benzene rings is 3. The number of carbonyl (C=O) groups is 5. The lowest BCUT2D eigenvalue weighted by atomic mass is 9.49. The van der Waals surface area contributed by atoms with Gasteiger partial charge in [-0.2, -0.15) is 18.2 Å². The molecule has 2 aliphatic heterocycles. The fraction of sp³-hybridized carbons (Fsp3) is 0.268. The fourth-order valence-corrected chi connectivity index (χ4v) is 9.60. The summed E-state index contributed by atoms with van der Waals surface area (Å²) in [5, 5.41) is 32.2. The second kappa shape index (κ2) is 14.3. The number of hydrazine groups is 1. The third kappa shape index (κ3) is 6.06. The number of nitrogens with zero attached hydrogens (tertiary/aromatic N) is 3. The largest absolute Gasteiger partial charge is 0.507 e. The number of hydrogen-bond acceptors (Lipinski definition) is 10. The van der Waals surface area contributed by atoms with Gasteiger partial charge in [0, 0.05) is 28.8 Å². The molecule has 4 aliphatic rings. The number of fused-ring (bicyclic) bond motifs is 4. The van der Waals surface area contributed by atoms with Gasteiger partial charge in [-0.3, -0.25) is 24.6 Å². The summed E-state index contributed by atoms with van der Waals surface area (Å²) in [6, 6.07) is 14.6. The monoisotopic (exact) mass is 850 g/mol. The van der Waals surface area contributed by atoms with Crippen LogP contribution in [0.1, 0.15) is 52.7 Å². The van der Waals surface area contributed by atoms with Crippen molar-refractivity contribution in [1.82, 2.24) is 9.99 Å². The molecular weight excluding hydrogens is 820 g/mol. The number of aromatic nitrogens is 1. The van der Waals surface area contributed by atoms with E-state index in [1.807, 2.05) is 0 Å². The van der Waals surface area contributed by atoms with E-state index in [2.05, 4.69) is 10.4 Å². The lowest BCUT2D eigenvalue weighted by Crippen LogP contribution is -2.53. The summed E-state index contributed by atoms with van der Waals surface area (Å²) in [6.07, 6.45) is -2.81. The third-order valence-electron chi connectivity index (χ3n) is 11.7. The average molecular weight is 852 g/mol. The average Bonchev–Trinajstić information content (AvgIpc) is 3.57. The minimum absolute atomic E-state index is 0.0181. The van der Waals surface area contributed by atoms with Gasteiger partial charge in [0.05, 0.1) is 46.0 Å². The number of carbonyl (C=O) groups excluding carboxylic acids is 4.